The first-order valence-electron chi connectivity index (χ1n) is 8.86. The molecule has 132 valence electrons. The number of hydrogen-bond donors (Lipinski definition) is 0. The molecule has 1 amide bonds. The highest BCUT2D eigenvalue weighted by atomic mass is 16.6. The summed E-state index contributed by atoms with van der Waals surface area (Å²) in [6, 6.07) is 3.75. The minimum atomic E-state index is 0.0878. The van der Waals surface area contributed by atoms with Crippen molar-refractivity contribution >= 4 is 5.91 Å². The number of nitrogens with zero attached hydrogens (tertiary/aromatic N) is 3. The first kappa shape index (κ1) is 16.0. The summed E-state index contributed by atoms with van der Waals surface area (Å²) in [5, 5.41) is 0. The Balaban J connectivity index is 1.50. The van der Waals surface area contributed by atoms with Crippen LogP contribution in [0.15, 0.2) is 30.9 Å². The molecule has 1 aromatic carbocycles. The van der Waals surface area contributed by atoms with Crippen LogP contribution in [0.25, 0.3) is 0 Å². The molecule has 6 heteroatoms. The molecule has 0 aliphatic carbocycles. The van der Waals surface area contributed by atoms with Crippen LogP contribution in [0, 0.1) is 12.8 Å². The number of aryl methyl sites for hydroxylation is 1. The van der Waals surface area contributed by atoms with Gasteiger partial charge in [0, 0.05) is 37.6 Å². The number of imidazole rings is 1. The van der Waals surface area contributed by atoms with Gasteiger partial charge < -0.3 is 18.9 Å². The van der Waals surface area contributed by atoms with E-state index < -0.39 is 0 Å². The highest BCUT2D eigenvalue weighted by molar-refractivity contribution is 5.96. The number of carbonyl (C=O) groups is 1. The number of rotatable bonds is 3. The van der Waals surface area contributed by atoms with Gasteiger partial charge in [-0.15, -0.1) is 0 Å². The van der Waals surface area contributed by atoms with Crippen LogP contribution >= 0.6 is 0 Å². The van der Waals surface area contributed by atoms with E-state index in [0.29, 0.717) is 30.4 Å². The van der Waals surface area contributed by atoms with Crippen molar-refractivity contribution in [3.05, 3.63) is 42.0 Å². The van der Waals surface area contributed by atoms with E-state index in [0.717, 1.165) is 43.8 Å². The van der Waals surface area contributed by atoms with Crippen molar-refractivity contribution in [2.24, 2.45) is 5.92 Å². The molecule has 25 heavy (non-hydrogen) atoms. The number of amides is 1. The summed E-state index contributed by atoms with van der Waals surface area (Å²) in [5.41, 5.74) is 1.65. The second kappa shape index (κ2) is 6.78. The maximum Gasteiger partial charge on any atom is 0.254 e. The Morgan fingerprint density at radius 1 is 1.28 bits per heavy atom. The zero-order valence-corrected chi connectivity index (χ0v) is 14.5. The molecule has 0 bridgehead atoms. The summed E-state index contributed by atoms with van der Waals surface area (Å²) in [7, 11) is 0. The van der Waals surface area contributed by atoms with Gasteiger partial charge in [-0.05, 0) is 43.4 Å². The lowest BCUT2D eigenvalue weighted by atomic mass is 9.96. The third-order valence-corrected chi connectivity index (χ3v) is 4.95. The van der Waals surface area contributed by atoms with Gasteiger partial charge in [-0.1, -0.05) is 0 Å². The van der Waals surface area contributed by atoms with Crippen molar-refractivity contribution in [3.8, 4) is 11.5 Å². The maximum atomic E-state index is 13.1. The largest absolute Gasteiger partial charge is 0.486 e. The molecule has 3 heterocycles. The summed E-state index contributed by atoms with van der Waals surface area (Å²) in [6.07, 6.45) is 7.79. The van der Waals surface area contributed by atoms with Gasteiger partial charge in [-0.25, -0.2) is 4.98 Å². The predicted molar refractivity (Wildman–Crippen MR) is 93.0 cm³/mol. The zero-order chi connectivity index (χ0) is 17.2. The molecule has 4 rings (SSSR count). The Morgan fingerprint density at radius 2 is 2.08 bits per heavy atom. The van der Waals surface area contributed by atoms with E-state index >= 15 is 0 Å². The Bertz CT molecular complexity index is 758. The smallest absolute Gasteiger partial charge is 0.254 e. The first-order valence-corrected chi connectivity index (χ1v) is 8.86. The van der Waals surface area contributed by atoms with Crippen LogP contribution in [0.2, 0.25) is 0 Å². The predicted octanol–water partition coefficient (Wildman–Crippen LogP) is 2.52. The Hall–Kier alpha value is -2.50. The maximum absolute atomic E-state index is 13.1. The molecule has 0 saturated carbocycles. The fourth-order valence-electron chi connectivity index (χ4n) is 3.68. The standard InChI is InChI=1S/C19H23N3O3/c1-14-9-17-18(25-8-7-24-17)10-16(14)19(23)22-5-2-3-15(12-22)11-21-6-4-20-13-21/h4,6,9-10,13,15H,2-3,5,7-8,11-12H2,1H3/t15-/m0/s1. The van der Waals surface area contributed by atoms with Crippen molar-refractivity contribution in [3.63, 3.8) is 0 Å². The molecule has 6 nitrogen and oxygen atoms in total. The molecule has 2 aromatic rings. The molecule has 1 fully saturated rings. The van der Waals surface area contributed by atoms with E-state index in [1.807, 2.05) is 36.5 Å². The topological polar surface area (TPSA) is 56.6 Å². The highest BCUT2D eigenvalue weighted by Crippen LogP contribution is 2.34. The molecule has 2 aliphatic rings. The van der Waals surface area contributed by atoms with Gasteiger partial charge in [0.1, 0.15) is 13.2 Å². The van der Waals surface area contributed by atoms with E-state index in [1.54, 1.807) is 6.20 Å². The lowest BCUT2D eigenvalue weighted by Crippen LogP contribution is -2.41. The quantitative estimate of drug-likeness (QED) is 0.861. The molecular weight excluding hydrogens is 318 g/mol. The van der Waals surface area contributed by atoms with Gasteiger partial charge in [0.2, 0.25) is 0 Å². The Kier molecular flexibility index (Phi) is 4.34. The summed E-state index contributed by atoms with van der Waals surface area (Å²) in [6.45, 7) is 5.54. The SMILES string of the molecule is Cc1cc2c(cc1C(=O)N1CCC[C@@H](Cn3ccnc3)C1)OCCO2. The zero-order valence-electron chi connectivity index (χ0n) is 14.5. The molecule has 1 atom stereocenters. The van der Waals surface area contributed by atoms with Crippen LogP contribution in [0.4, 0.5) is 0 Å². The van der Waals surface area contributed by atoms with Crippen LogP contribution in [0.3, 0.4) is 0 Å². The number of likely N-dealkylation sites (tertiary alicyclic amines) is 1. The first-order chi connectivity index (χ1) is 12.2. The van der Waals surface area contributed by atoms with E-state index in [1.165, 1.54) is 0 Å². The van der Waals surface area contributed by atoms with Gasteiger partial charge in [-0.2, -0.15) is 0 Å². The minimum Gasteiger partial charge on any atom is -0.486 e. The second-order valence-corrected chi connectivity index (χ2v) is 6.83. The van der Waals surface area contributed by atoms with E-state index in [-0.39, 0.29) is 5.91 Å². The molecule has 2 aliphatic heterocycles. The molecule has 0 N–H and O–H groups in total. The van der Waals surface area contributed by atoms with Gasteiger partial charge in [0.15, 0.2) is 11.5 Å². The van der Waals surface area contributed by atoms with Crippen molar-refractivity contribution in [1.82, 2.24) is 14.5 Å². The lowest BCUT2D eigenvalue weighted by molar-refractivity contribution is 0.0660. The lowest BCUT2D eigenvalue weighted by Gasteiger charge is -2.33. The van der Waals surface area contributed by atoms with Crippen LogP contribution in [0.5, 0.6) is 11.5 Å². The fraction of sp³-hybridized carbons (Fsp3) is 0.474. The van der Waals surface area contributed by atoms with Gasteiger partial charge in [0.05, 0.1) is 6.33 Å². The summed E-state index contributed by atoms with van der Waals surface area (Å²) < 4.78 is 13.3. The second-order valence-electron chi connectivity index (χ2n) is 6.83. The molecule has 0 spiro atoms. The van der Waals surface area contributed by atoms with Gasteiger partial charge >= 0.3 is 0 Å². The molecular formula is C19H23N3O3. The number of carbonyl (C=O) groups excluding carboxylic acids is 1. The van der Waals surface area contributed by atoms with Crippen LogP contribution in [0.1, 0.15) is 28.8 Å². The van der Waals surface area contributed by atoms with Crippen molar-refractivity contribution in [2.75, 3.05) is 26.3 Å². The Labute approximate surface area is 147 Å². The molecule has 1 saturated heterocycles. The number of piperidine rings is 1. The normalized spacial score (nSPS) is 19.7. The number of aromatic nitrogens is 2. The minimum absolute atomic E-state index is 0.0878. The van der Waals surface area contributed by atoms with Crippen LogP contribution in [-0.4, -0.2) is 46.7 Å². The van der Waals surface area contributed by atoms with Gasteiger partial charge in [-0.3, -0.25) is 4.79 Å². The van der Waals surface area contributed by atoms with Crippen LogP contribution in [-0.2, 0) is 6.54 Å². The third-order valence-electron chi connectivity index (χ3n) is 4.95. The Morgan fingerprint density at radius 3 is 2.84 bits per heavy atom. The summed E-state index contributed by atoms with van der Waals surface area (Å²) >= 11 is 0. The van der Waals surface area contributed by atoms with E-state index in [2.05, 4.69) is 9.55 Å². The fourth-order valence-corrected chi connectivity index (χ4v) is 3.68. The molecule has 0 radical (unpaired) electrons. The molecule has 0 unspecified atom stereocenters. The number of fused-ring (bicyclic) bond motifs is 1. The van der Waals surface area contributed by atoms with E-state index in [9.17, 15) is 4.79 Å². The number of benzene rings is 1. The number of ether oxygens (including phenoxy) is 2. The highest BCUT2D eigenvalue weighted by Gasteiger charge is 2.27. The molecule has 1 aromatic heterocycles. The van der Waals surface area contributed by atoms with Crippen molar-refractivity contribution in [1.29, 1.82) is 0 Å². The van der Waals surface area contributed by atoms with Gasteiger partial charge in [0.25, 0.3) is 5.91 Å². The summed E-state index contributed by atoms with van der Waals surface area (Å²) in [4.78, 5) is 19.1. The van der Waals surface area contributed by atoms with Crippen LogP contribution < -0.4 is 9.47 Å². The van der Waals surface area contributed by atoms with E-state index in [4.69, 9.17) is 9.47 Å². The third kappa shape index (κ3) is 3.34. The van der Waals surface area contributed by atoms with Crippen molar-refractivity contribution in [2.45, 2.75) is 26.3 Å². The average molecular weight is 341 g/mol. The monoisotopic (exact) mass is 341 g/mol. The van der Waals surface area contributed by atoms with Crippen molar-refractivity contribution < 1.29 is 14.3 Å². The average Bonchev–Trinajstić information content (AvgIpc) is 3.14. The summed E-state index contributed by atoms with van der Waals surface area (Å²) in [5.74, 6) is 1.96. The number of hydrogen-bond acceptors (Lipinski definition) is 4.